The number of hydrogen-bond acceptors (Lipinski definition) is 3. The number of anilines is 2. The maximum Gasteiger partial charge on any atom is 0.411 e. The summed E-state index contributed by atoms with van der Waals surface area (Å²) in [4.78, 5) is 24.7. The second-order valence-corrected chi connectivity index (χ2v) is 7.10. The number of fused-ring (bicyclic) bond motifs is 1. The van der Waals surface area contributed by atoms with E-state index in [1.807, 2.05) is 0 Å². The zero-order valence-corrected chi connectivity index (χ0v) is 13.4. The van der Waals surface area contributed by atoms with Gasteiger partial charge in [-0.15, -0.1) is 0 Å². The lowest BCUT2D eigenvalue weighted by molar-refractivity contribution is -0.116. The lowest BCUT2D eigenvalue weighted by atomic mass is 10.1. The number of amides is 2. The van der Waals surface area contributed by atoms with Crippen LogP contribution in [0.15, 0.2) is 18.2 Å². The van der Waals surface area contributed by atoms with Crippen molar-refractivity contribution < 1.29 is 14.3 Å². The number of halogens is 3. The summed E-state index contributed by atoms with van der Waals surface area (Å²) in [6.07, 6.45) is 0.0378. The third-order valence-corrected chi connectivity index (χ3v) is 3.30. The number of hydrogen-bond donors (Lipinski definition) is 1. The highest BCUT2D eigenvalue weighted by atomic mass is 35.6. The van der Waals surface area contributed by atoms with Crippen LogP contribution in [0.2, 0.25) is 0 Å². The van der Waals surface area contributed by atoms with Crippen molar-refractivity contribution in [3.63, 3.8) is 0 Å². The number of nitrogens with zero attached hydrogens (tertiary/aromatic N) is 1. The summed E-state index contributed by atoms with van der Waals surface area (Å²) in [6.45, 7) is 1.83. The second-order valence-electron chi connectivity index (χ2n) is 4.58. The molecule has 0 atom stereocenters. The van der Waals surface area contributed by atoms with E-state index in [9.17, 15) is 9.59 Å². The molecule has 1 N–H and O–H groups in total. The molecule has 2 rings (SSSR count). The summed E-state index contributed by atoms with van der Waals surface area (Å²) in [5.41, 5.74) is 2.42. The van der Waals surface area contributed by atoms with E-state index < -0.39 is 9.89 Å². The van der Waals surface area contributed by atoms with Crippen molar-refractivity contribution in [1.82, 2.24) is 0 Å². The van der Waals surface area contributed by atoms with Gasteiger partial charge in [0.2, 0.25) is 9.70 Å². The molecule has 1 aromatic rings. The molecule has 0 fully saturated rings. The number of nitrogens with one attached hydrogen (secondary N) is 1. The van der Waals surface area contributed by atoms with Crippen molar-refractivity contribution >= 4 is 58.2 Å². The quantitative estimate of drug-likeness (QED) is 0.829. The van der Waals surface area contributed by atoms with Crippen LogP contribution >= 0.6 is 34.8 Å². The maximum absolute atomic E-state index is 11.6. The monoisotopic (exact) mass is 350 g/mol. The number of carbonyl (C=O) groups is 2. The van der Waals surface area contributed by atoms with Crippen LogP contribution in [0.3, 0.4) is 0 Å². The molecule has 0 radical (unpaired) electrons. The third kappa shape index (κ3) is 4.40. The summed E-state index contributed by atoms with van der Waals surface area (Å²) in [7, 11) is 0. The van der Waals surface area contributed by atoms with Crippen LogP contribution in [0.5, 0.6) is 0 Å². The van der Waals surface area contributed by atoms with Crippen LogP contribution in [0.25, 0.3) is 0 Å². The molecule has 1 aliphatic heterocycles. The van der Waals surface area contributed by atoms with Crippen LogP contribution in [0.4, 0.5) is 16.2 Å². The first-order valence-corrected chi connectivity index (χ1v) is 7.31. The first kappa shape index (κ1) is 16.2. The van der Waals surface area contributed by atoms with Gasteiger partial charge >= 0.3 is 6.09 Å². The smallest absolute Gasteiger partial charge is 0.411 e. The molecule has 2 amide bonds. The summed E-state index contributed by atoms with van der Waals surface area (Å²) >= 11 is 16.5. The SMILES string of the molecule is CC(=O)N1CCc2cc(NC(=O)OCC(Cl)(Cl)Cl)ccc21. The van der Waals surface area contributed by atoms with Gasteiger partial charge in [0.25, 0.3) is 0 Å². The molecule has 0 bridgehead atoms. The van der Waals surface area contributed by atoms with Crippen LogP contribution in [-0.4, -0.2) is 28.9 Å². The number of ether oxygens (including phenoxy) is 1. The van der Waals surface area contributed by atoms with Crippen LogP contribution < -0.4 is 10.2 Å². The van der Waals surface area contributed by atoms with E-state index >= 15 is 0 Å². The second kappa shape index (κ2) is 6.30. The predicted molar refractivity (Wildman–Crippen MR) is 83.4 cm³/mol. The highest BCUT2D eigenvalue weighted by Gasteiger charge is 2.24. The van der Waals surface area contributed by atoms with Crippen LogP contribution in [0, 0.1) is 0 Å². The Morgan fingerprint density at radius 2 is 2.10 bits per heavy atom. The van der Waals surface area contributed by atoms with Gasteiger partial charge < -0.3 is 9.64 Å². The van der Waals surface area contributed by atoms with Gasteiger partial charge in [0, 0.05) is 24.8 Å². The van der Waals surface area contributed by atoms with E-state index in [2.05, 4.69) is 5.32 Å². The normalized spacial score (nSPS) is 13.8. The van der Waals surface area contributed by atoms with E-state index in [-0.39, 0.29) is 12.5 Å². The molecule has 0 spiro atoms. The largest absolute Gasteiger partial charge is 0.445 e. The van der Waals surface area contributed by atoms with Crippen molar-refractivity contribution in [2.45, 2.75) is 17.1 Å². The van der Waals surface area contributed by atoms with E-state index in [1.165, 1.54) is 6.92 Å². The highest BCUT2D eigenvalue weighted by molar-refractivity contribution is 6.67. The number of carbonyl (C=O) groups excluding carboxylic acids is 2. The van der Waals surface area contributed by atoms with E-state index in [4.69, 9.17) is 39.5 Å². The highest BCUT2D eigenvalue weighted by Crippen LogP contribution is 2.30. The zero-order valence-electron chi connectivity index (χ0n) is 11.2. The van der Waals surface area contributed by atoms with Gasteiger partial charge in [-0.05, 0) is 30.2 Å². The first-order valence-electron chi connectivity index (χ1n) is 6.18. The Labute approximate surface area is 137 Å². The Balaban J connectivity index is 2.00. The molecular formula is C13H13Cl3N2O3. The minimum absolute atomic E-state index is 0.00320. The molecule has 1 heterocycles. The molecule has 21 heavy (non-hydrogen) atoms. The van der Waals surface area contributed by atoms with E-state index in [0.717, 1.165) is 17.7 Å². The molecule has 0 saturated heterocycles. The molecule has 0 saturated carbocycles. The van der Waals surface area contributed by atoms with Gasteiger partial charge in [-0.25, -0.2) is 4.79 Å². The minimum Gasteiger partial charge on any atom is -0.445 e. The number of alkyl halides is 3. The number of benzene rings is 1. The standard InChI is InChI=1S/C13H13Cl3N2O3/c1-8(19)18-5-4-9-6-10(2-3-11(9)18)17-12(20)21-7-13(14,15)16/h2-3,6H,4-5,7H2,1H3,(H,17,20). The summed E-state index contributed by atoms with van der Waals surface area (Å²) < 4.78 is 3.14. The molecule has 1 aromatic carbocycles. The van der Waals surface area contributed by atoms with Crippen LogP contribution in [0.1, 0.15) is 12.5 Å². The molecule has 8 heteroatoms. The molecule has 0 aromatic heterocycles. The Bertz CT molecular complexity index is 572. The lowest BCUT2D eigenvalue weighted by Crippen LogP contribution is -2.25. The third-order valence-electron chi connectivity index (χ3n) is 2.97. The van der Waals surface area contributed by atoms with Crippen LogP contribution in [-0.2, 0) is 16.0 Å². The topological polar surface area (TPSA) is 58.6 Å². The van der Waals surface area contributed by atoms with Gasteiger partial charge in [0.1, 0.15) is 6.61 Å². The van der Waals surface area contributed by atoms with Crippen molar-refractivity contribution in [1.29, 1.82) is 0 Å². The fraction of sp³-hybridized carbons (Fsp3) is 0.385. The summed E-state index contributed by atoms with van der Waals surface area (Å²) in [5, 5.41) is 2.55. The summed E-state index contributed by atoms with van der Waals surface area (Å²) in [6, 6.07) is 5.28. The maximum atomic E-state index is 11.6. The van der Waals surface area contributed by atoms with Gasteiger partial charge in [0.05, 0.1) is 0 Å². The molecule has 1 aliphatic rings. The average molecular weight is 352 g/mol. The van der Waals surface area contributed by atoms with Crippen molar-refractivity contribution in [2.24, 2.45) is 0 Å². The van der Waals surface area contributed by atoms with Gasteiger partial charge in [-0.1, -0.05) is 34.8 Å². The van der Waals surface area contributed by atoms with Crippen molar-refractivity contribution in [3.05, 3.63) is 23.8 Å². The Morgan fingerprint density at radius 3 is 2.71 bits per heavy atom. The number of rotatable bonds is 2. The summed E-state index contributed by atoms with van der Waals surface area (Å²) in [5.74, 6) is -0.00320. The first-order chi connectivity index (χ1) is 9.76. The fourth-order valence-electron chi connectivity index (χ4n) is 2.11. The van der Waals surface area contributed by atoms with Gasteiger partial charge in [-0.3, -0.25) is 10.1 Å². The Hall–Kier alpha value is -1.17. The van der Waals surface area contributed by atoms with E-state index in [0.29, 0.717) is 12.2 Å². The van der Waals surface area contributed by atoms with Crippen molar-refractivity contribution in [2.75, 3.05) is 23.4 Å². The zero-order chi connectivity index (χ0) is 15.6. The van der Waals surface area contributed by atoms with Gasteiger partial charge in [0.15, 0.2) is 0 Å². The Morgan fingerprint density at radius 1 is 1.38 bits per heavy atom. The van der Waals surface area contributed by atoms with E-state index in [1.54, 1.807) is 23.1 Å². The fourth-order valence-corrected chi connectivity index (χ4v) is 2.27. The molecule has 0 unspecified atom stereocenters. The molecule has 0 aliphatic carbocycles. The molecular weight excluding hydrogens is 339 g/mol. The predicted octanol–water partition coefficient (Wildman–Crippen LogP) is 3.51. The Kier molecular flexibility index (Phi) is 4.86. The van der Waals surface area contributed by atoms with Gasteiger partial charge in [-0.2, -0.15) is 0 Å². The molecule has 114 valence electrons. The average Bonchev–Trinajstić information content (AvgIpc) is 2.78. The molecule has 5 nitrogen and oxygen atoms in total. The minimum atomic E-state index is -1.64. The lowest BCUT2D eigenvalue weighted by Gasteiger charge is -2.15. The van der Waals surface area contributed by atoms with Crippen molar-refractivity contribution in [3.8, 4) is 0 Å².